The zero-order valence-electron chi connectivity index (χ0n) is 13.3. The number of benzene rings is 2. The highest BCUT2D eigenvalue weighted by Gasteiger charge is 2.20. The van der Waals surface area contributed by atoms with Gasteiger partial charge >= 0.3 is 0 Å². The van der Waals surface area contributed by atoms with Gasteiger partial charge in [-0.2, -0.15) is 0 Å². The molecule has 3 aromatic rings. The highest BCUT2D eigenvalue weighted by molar-refractivity contribution is 7.21. The number of nitrogens with one attached hydrogen (secondary N) is 2. The minimum Gasteiger partial charge on any atom is -0.324 e. The zero-order valence-corrected chi connectivity index (χ0v) is 14.1. The van der Waals surface area contributed by atoms with Gasteiger partial charge in [-0.05, 0) is 49.6 Å². The summed E-state index contributed by atoms with van der Waals surface area (Å²) in [4.78, 5) is 16.9. The fraction of sp³-hybridized carbons (Fsp3) is 0.263. The predicted molar refractivity (Wildman–Crippen MR) is 99.3 cm³/mol. The van der Waals surface area contributed by atoms with Gasteiger partial charge in [-0.15, -0.1) is 11.3 Å². The molecule has 4 nitrogen and oxygen atoms in total. The van der Waals surface area contributed by atoms with E-state index in [0.717, 1.165) is 38.9 Å². The van der Waals surface area contributed by atoms with Gasteiger partial charge in [0.2, 0.25) is 5.91 Å². The van der Waals surface area contributed by atoms with Crippen LogP contribution in [0.4, 0.5) is 5.69 Å². The molecule has 0 aliphatic heterocycles. The molecule has 1 aliphatic carbocycles. The van der Waals surface area contributed by atoms with Gasteiger partial charge in [0.05, 0.1) is 22.4 Å². The van der Waals surface area contributed by atoms with Crippen molar-refractivity contribution in [3.05, 3.63) is 48.5 Å². The average Bonchev–Trinajstić information content (AvgIpc) is 3.31. The molecule has 1 amide bonds. The first-order chi connectivity index (χ1) is 11.8. The second-order valence-electron chi connectivity index (χ2n) is 6.15. The van der Waals surface area contributed by atoms with Crippen LogP contribution in [-0.2, 0) is 4.79 Å². The molecular weight excluding hydrogens is 318 g/mol. The molecule has 1 aliphatic rings. The highest BCUT2D eigenvalue weighted by atomic mass is 32.1. The lowest BCUT2D eigenvalue weighted by Crippen LogP contribution is -2.29. The van der Waals surface area contributed by atoms with Crippen molar-refractivity contribution in [3.8, 4) is 10.6 Å². The maximum atomic E-state index is 12.2. The van der Waals surface area contributed by atoms with Crippen LogP contribution in [0.5, 0.6) is 0 Å². The van der Waals surface area contributed by atoms with Crippen LogP contribution in [0, 0.1) is 5.92 Å². The summed E-state index contributed by atoms with van der Waals surface area (Å²) in [5.74, 6) is 0.761. The summed E-state index contributed by atoms with van der Waals surface area (Å²) in [6.45, 7) is 1.29. The number of carbonyl (C=O) groups excluding carboxylic acids is 1. The Balaban J connectivity index is 1.52. The van der Waals surface area contributed by atoms with Crippen molar-refractivity contribution in [1.29, 1.82) is 0 Å². The number of fused-ring (bicyclic) bond motifs is 1. The molecule has 2 N–H and O–H groups in total. The molecular formula is C19H19N3OS. The summed E-state index contributed by atoms with van der Waals surface area (Å²) in [6.07, 6.45) is 2.57. The number of aromatic nitrogens is 1. The number of para-hydroxylation sites is 2. The second-order valence-corrected chi connectivity index (χ2v) is 7.19. The number of carbonyl (C=O) groups is 1. The summed E-state index contributed by atoms with van der Waals surface area (Å²) >= 11 is 1.64. The van der Waals surface area contributed by atoms with Crippen LogP contribution >= 0.6 is 11.3 Å². The molecule has 0 atom stereocenters. The lowest BCUT2D eigenvalue weighted by Gasteiger charge is -2.10. The third kappa shape index (κ3) is 3.47. The largest absolute Gasteiger partial charge is 0.324 e. The van der Waals surface area contributed by atoms with E-state index in [2.05, 4.69) is 16.7 Å². The van der Waals surface area contributed by atoms with Crippen molar-refractivity contribution in [1.82, 2.24) is 10.3 Å². The van der Waals surface area contributed by atoms with Gasteiger partial charge in [-0.25, -0.2) is 4.98 Å². The summed E-state index contributed by atoms with van der Waals surface area (Å²) in [5.41, 5.74) is 2.77. The van der Waals surface area contributed by atoms with E-state index in [1.165, 1.54) is 12.8 Å². The third-order valence-electron chi connectivity index (χ3n) is 4.14. The molecule has 2 aromatic carbocycles. The fourth-order valence-electron chi connectivity index (χ4n) is 2.67. The molecule has 5 heteroatoms. The summed E-state index contributed by atoms with van der Waals surface area (Å²) in [5, 5.41) is 7.16. The highest BCUT2D eigenvalue weighted by Crippen LogP contribution is 2.34. The van der Waals surface area contributed by atoms with Gasteiger partial charge in [-0.1, -0.05) is 24.3 Å². The Kier molecular flexibility index (Phi) is 4.28. The quantitative estimate of drug-likeness (QED) is 0.717. The number of hydrogen-bond donors (Lipinski definition) is 2. The van der Waals surface area contributed by atoms with E-state index < -0.39 is 0 Å². The molecule has 4 rings (SSSR count). The molecule has 0 spiro atoms. The van der Waals surface area contributed by atoms with E-state index in [0.29, 0.717) is 6.54 Å². The normalized spacial score (nSPS) is 14.0. The fourth-order valence-corrected chi connectivity index (χ4v) is 3.68. The van der Waals surface area contributed by atoms with E-state index in [4.69, 9.17) is 4.98 Å². The van der Waals surface area contributed by atoms with Crippen molar-refractivity contribution < 1.29 is 4.79 Å². The van der Waals surface area contributed by atoms with Crippen molar-refractivity contribution >= 4 is 33.1 Å². The van der Waals surface area contributed by atoms with Crippen LogP contribution in [-0.4, -0.2) is 24.0 Å². The van der Waals surface area contributed by atoms with Gasteiger partial charge in [0.15, 0.2) is 0 Å². The molecule has 0 unspecified atom stereocenters. The summed E-state index contributed by atoms with van der Waals surface area (Å²) in [7, 11) is 0. The van der Waals surface area contributed by atoms with Gasteiger partial charge < -0.3 is 10.6 Å². The van der Waals surface area contributed by atoms with E-state index in [1.807, 2.05) is 42.5 Å². The average molecular weight is 337 g/mol. The van der Waals surface area contributed by atoms with E-state index in [1.54, 1.807) is 11.3 Å². The number of rotatable bonds is 6. The van der Waals surface area contributed by atoms with Crippen LogP contribution in [0.1, 0.15) is 12.8 Å². The molecule has 122 valence electrons. The van der Waals surface area contributed by atoms with Gasteiger partial charge in [0.1, 0.15) is 5.01 Å². The minimum absolute atomic E-state index is 0.00999. The number of nitrogens with zero attached hydrogens (tertiary/aromatic N) is 1. The first kappa shape index (κ1) is 15.3. The van der Waals surface area contributed by atoms with Crippen LogP contribution in [0.15, 0.2) is 48.5 Å². The number of amides is 1. The van der Waals surface area contributed by atoms with Crippen molar-refractivity contribution in [2.24, 2.45) is 5.92 Å². The molecule has 0 radical (unpaired) electrons. The molecule has 1 saturated carbocycles. The minimum atomic E-state index is -0.00999. The van der Waals surface area contributed by atoms with Crippen LogP contribution in [0.2, 0.25) is 0 Å². The molecule has 0 saturated heterocycles. The Morgan fingerprint density at radius 1 is 1.12 bits per heavy atom. The Morgan fingerprint density at radius 2 is 1.92 bits per heavy atom. The zero-order chi connectivity index (χ0) is 16.4. The van der Waals surface area contributed by atoms with E-state index in [9.17, 15) is 4.79 Å². The van der Waals surface area contributed by atoms with E-state index in [-0.39, 0.29) is 5.91 Å². The molecule has 0 bridgehead atoms. The smallest absolute Gasteiger partial charge is 0.238 e. The summed E-state index contributed by atoms with van der Waals surface area (Å²) in [6, 6.07) is 15.9. The Bertz CT molecular complexity index is 837. The van der Waals surface area contributed by atoms with Crippen molar-refractivity contribution in [2.45, 2.75) is 12.8 Å². The molecule has 24 heavy (non-hydrogen) atoms. The molecule has 1 fully saturated rings. The van der Waals surface area contributed by atoms with Gasteiger partial charge in [0.25, 0.3) is 0 Å². The van der Waals surface area contributed by atoms with Gasteiger partial charge in [0, 0.05) is 5.56 Å². The number of anilines is 1. The van der Waals surface area contributed by atoms with E-state index >= 15 is 0 Å². The molecule has 1 aromatic heterocycles. The first-order valence-corrected chi connectivity index (χ1v) is 9.07. The topological polar surface area (TPSA) is 54.0 Å². The van der Waals surface area contributed by atoms with Gasteiger partial charge in [-0.3, -0.25) is 4.79 Å². The van der Waals surface area contributed by atoms with Crippen molar-refractivity contribution in [3.63, 3.8) is 0 Å². The lowest BCUT2D eigenvalue weighted by atomic mass is 10.2. The Hall–Kier alpha value is -2.24. The van der Waals surface area contributed by atoms with Crippen molar-refractivity contribution in [2.75, 3.05) is 18.4 Å². The lowest BCUT2D eigenvalue weighted by molar-refractivity contribution is -0.115. The standard InChI is InChI=1S/C19H19N3OS/c23-18(12-20-11-13-9-10-13)21-15-6-2-1-5-14(15)19-22-16-7-3-4-8-17(16)24-19/h1-8,13,20H,9-12H2,(H,21,23). The second kappa shape index (κ2) is 6.71. The Labute approximate surface area is 144 Å². The van der Waals surface area contributed by atoms with Crippen LogP contribution < -0.4 is 10.6 Å². The molecule has 1 heterocycles. The summed E-state index contributed by atoms with van der Waals surface area (Å²) < 4.78 is 1.15. The number of hydrogen-bond acceptors (Lipinski definition) is 4. The first-order valence-electron chi connectivity index (χ1n) is 8.25. The third-order valence-corrected chi connectivity index (χ3v) is 5.21. The Morgan fingerprint density at radius 3 is 2.75 bits per heavy atom. The SMILES string of the molecule is O=C(CNCC1CC1)Nc1ccccc1-c1nc2ccccc2s1. The van der Waals surface area contributed by atoms with Crippen LogP contribution in [0.3, 0.4) is 0 Å². The maximum absolute atomic E-state index is 12.2. The predicted octanol–water partition coefficient (Wildman–Crippen LogP) is 3.90. The van der Waals surface area contributed by atoms with Crippen LogP contribution in [0.25, 0.3) is 20.8 Å². The maximum Gasteiger partial charge on any atom is 0.238 e. The number of thiazole rings is 1. The monoisotopic (exact) mass is 337 g/mol.